The fourth-order valence-corrected chi connectivity index (χ4v) is 2.03. The van der Waals surface area contributed by atoms with Crippen molar-refractivity contribution in [2.75, 3.05) is 12.3 Å². The van der Waals surface area contributed by atoms with Crippen LogP contribution in [-0.4, -0.2) is 29.3 Å². The fourth-order valence-electron chi connectivity index (χ4n) is 1.73. The van der Waals surface area contributed by atoms with Crippen LogP contribution in [-0.2, 0) is 16.0 Å². The summed E-state index contributed by atoms with van der Waals surface area (Å²) in [5.74, 6) is -0.622. The first-order valence-corrected chi connectivity index (χ1v) is 6.91. The van der Waals surface area contributed by atoms with Crippen LogP contribution in [0.5, 0.6) is 0 Å². The molecule has 5 heteroatoms. The first kappa shape index (κ1) is 15.6. The molecule has 19 heavy (non-hydrogen) atoms. The lowest BCUT2D eigenvalue weighted by atomic mass is 10.0. The summed E-state index contributed by atoms with van der Waals surface area (Å²) in [5, 5.41) is 11.3. The molecule has 1 amide bonds. The second kappa shape index (κ2) is 8.58. The van der Waals surface area contributed by atoms with E-state index in [0.29, 0.717) is 25.1 Å². The van der Waals surface area contributed by atoms with Gasteiger partial charge in [0, 0.05) is 18.7 Å². The maximum atomic E-state index is 11.9. The maximum absolute atomic E-state index is 11.9. The minimum Gasteiger partial charge on any atom is -0.481 e. The number of rotatable bonds is 8. The summed E-state index contributed by atoms with van der Waals surface area (Å²) in [6, 6.07) is 9.78. The summed E-state index contributed by atoms with van der Waals surface area (Å²) in [6.45, 7) is 0.393. The molecule has 0 aliphatic rings. The summed E-state index contributed by atoms with van der Waals surface area (Å²) in [4.78, 5) is 22.3. The van der Waals surface area contributed by atoms with Crippen molar-refractivity contribution in [3.63, 3.8) is 0 Å². The van der Waals surface area contributed by atoms with E-state index in [1.54, 1.807) is 0 Å². The molecule has 0 spiro atoms. The second-order valence-electron chi connectivity index (χ2n) is 4.36. The zero-order valence-corrected chi connectivity index (χ0v) is 11.6. The van der Waals surface area contributed by atoms with Gasteiger partial charge in [0.2, 0.25) is 5.91 Å². The van der Waals surface area contributed by atoms with Crippen LogP contribution in [0.25, 0.3) is 0 Å². The highest BCUT2D eigenvalue weighted by Gasteiger charge is 2.16. The van der Waals surface area contributed by atoms with Crippen molar-refractivity contribution < 1.29 is 14.7 Å². The predicted octanol–water partition coefficient (Wildman–Crippen LogP) is 1.76. The van der Waals surface area contributed by atoms with Crippen molar-refractivity contribution in [2.24, 2.45) is 5.92 Å². The molecule has 0 aliphatic carbocycles. The summed E-state index contributed by atoms with van der Waals surface area (Å²) in [5.41, 5.74) is 1.10. The van der Waals surface area contributed by atoms with Gasteiger partial charge in [-0.05, 0) is 18.4 Å². The molecule has 1 rings (SSSR count). The first-order chi connectivity index (χ1) is 9.13. The van der Waals surface area contributed by atoms with Crippen molar-refractivity contribution in [1.82, 2.24) is 5.32 Å². The lowest BCUT2D eigenvalue weighted by Crippen LogP contribution is -2.33. The number of carbonyl (C=O) groups excluding carboxylic acids is 1. The molecule has 1 aromatic rings. The Kier molecular flexibility index (Phi) is 7.03. The summed E-state index contributed by atoms with van der Waals surface area (Å²) < 4.78 is 0. The standard InChI is InChI=1S/C14H19NO3S/c16-13(17)7-4-8-15-14(18)12(10-19)9-11-5-2-1-3-6-11/h1-3,5-6,12,19H,4,7-10H2,(H,15,18)(H,16,17). The Morgan fingerprint density at radius 2 is 1.95 bits per heavy atom. The van der Waals surface area contributed by atoms with Crippen molar-refractivity contribution in [3.8, 4) is 0 Å². The van der Waals surface area contributed by atoms with Gasteiger partial charge in [-0.2, -0.15) is 12.6 Å². The third-order valence-corrected chi connectivity index (χ3v) is 3.22. The lowest BCUT2D eigenvalue weighted by molar-refractivity contribution is -0.137. The molecular weight excluding hydrogens is 262 g/mol. The van der Waals surface area contributed by atoms with Gasteiger partial charge in [0.25, 0.3) is 0 Å². The summed E-state index contributed by atoms with van der Waals surface area (Å²) >= 11 is 4.21. The van der Waals surface area contributed by atoms with Crippen molar-refractivity contribution in [3.05, 3.63) is 35.9 Å². The van der Waals surface area contributed by atoms with E-state index in [-0.39, 0.29) is 18.2 Å². The predicted molar refractivity (Wildman–Crippen MR) is 77.4 cm³/mol. The fraction of sp³-hybridized carbons (Fsp3) is 0.429. The summed E-state index contributed by atoms with van der Waals surface area (Å²) in [6.07, 6.45) is 1.17. The number of hydrogen-bond donors (Lipinski definition) is 3. The Morgan fingerprint density at radius 3 is 2.53 bits per heavy atom. The van der Waals surface area contributed by atoms with Gasteiger partial charge in [-0.1, -0.05) is 30.3 Å². The first-order valence-electron chi connectivity index (χ1n) is 6.27. The normalized spacial score (nSPS) is 11.8. The van der Waals surface area contributed by atoms with Gasteiger partial charge in [0.1, 0.15) is 0 Å². The third kappa shape index (κ3) is 6.29. The highest BCUT2D eigenvalue weighted by Crippen LogP contribution is 2.10. The van der Waals surface area contributed by atoms with Crippen LogP contribution in [0.2, 0.25) is 0 Å². The monoisotopic (exact) mass is 281 g/mol. The van der Waals surface area contributed by atoms with E-state index in [1.165, 1.54) is 0 Å². The van der Waals surface area contributed by atoms with E-state index in [2.05, 4.69) is 17.9 Å². The number of aliphatic carboxylic acids is 1. The van der Waals surface area contributed by atoms with Gasteiger partial charge in [-0.15, -0.1) is 0 Å². The molecule has 1 atom stereocenters. The van der Waals surface area contributed by atoms with Gasteiger partial charge < -0.3 is 10.4 Å². The molecule has 4 nitrogen and oxygen atoms in total. The quantitative estimate of drug-likeness (QED) is 0.502. The van der Waals surface area contributed by atoms with Crippen LogP contribution in [0.15, 0.2) is 30.3 Å². The average molecular weight is 281 g/mol. The molecule has 0 fully saturated rings. The largest absolute Gasteiger partial charge is 0.481 e. The lowest BCUT2D eigenvalue weighted by Gasteiger charge is -2.14. The van der Waals surface area contributed by atoms with E-state index in [1.807, 2.05) is 30.3 Å². The number of carbonyl (C=O) groups is 2. The molecule has 0 aromatic heterocycles. The van der Waals surface area contributed by atoms with Crippen LogP contribution >= 0.6 is 12.6 Å². The molecule has 0 saturated carbocycles. The maximum Gasteiger partial charge on any atom is 0.303 e. The van der Waals surface area contributed by atoms with Crippen LogP contribution in [0.4, 0.5) is 0 Å². The van der Waals surface area contributed by atoms with Gasteiger partial charge in [-0.25, -0.2) is 0 Å². The van der Waals surface area contributed by atoms with E-state index >= 15 is 0 Å². The number of benzene rings is 1. The smallest absolute Gasteiger partial charge is 0.303 e. The van der Waals surface area contributed by atoms with E-state index in [0.717, 1.165) is 5.56 Å². The van der Waals surface area contributed by atoms with Gasteiger partial charge >= 0.3 is 5.97 Å². The Morgan fingerprint density at radius 1 is 1.26 bits per heavy atom. The highest BCUT2D eigenvalue weighted by atomic mass is 32.1. The van der Waals surface area contributed by atoms with Gasteiger partial charge in [0.05, 0.1) is 5.92 Å². The number of amides is 1. The molecule has 0 bridgehead atoms. The molecule has 1 aromatic carbocycles. The topological polar surface area (TPSA) is 66.4 Å². The number of carboxylic acid groups (broad SMARTS) is 1. The molecule has 0 saturated heterocycles. The van der Waals surface area contributed by atoms with Crippen LogP contribution in [0.1, 0.15) is 18.4 Å². The summed E-state index contributed by atoms with van der Waals surface area (Å²) in [7, 11) is 0. The van der Waals surface area contributed by atoms with E-state index < -0.39 is 5.97 Å². The highest BCUT2D eigenvalue weighted by molar-refractivity contribution is 7.80. The Hall–Kier alpha value is -1.49. The van der Waals surface area contributed by atoms with E-state index in [9.17, 15) is 9.59 Å². The van der Waals surface area contributed by atoms with Gasteiger partial charge in [0.15, 0.2) is 0 Å². The van der Waals surface area contributed by atoms with Crippen molar-refractivity contribution in [2.45, 2.75) is 19.3 Å². The Balaban J connectivity index is 2.37. The van der Waals surface area contributed by atoms with Crippen LogP contribution in [0.3, 0.4) is 0 Å². The van der Waals surface area contributed by atoms with E-state index in [4.69, 9.17) is 5.11 Å². The number of hydrogen-bond acceptors (Lipinski definition) is 3. The molecule has 0 radical (unpaired) electrons. The molecule has 2 N–H and O–H groups in total. The minimum atomic E-state index is -0.843. The zero-order valence-electron chi connectivity index (χ0n) is 10.7. The van der Waals surface area contributed by atoms with Crippen LogP contribution < -0.4 is 5.32 Å². The number of thiol groups is 1. The number of nitrogens with one attached hydrogen (secondary N) is 1. The average Bonchev–Trinajstić information content (AvgIpc) is 2.41. The molecule has 104 valence electrons. The second-order valence-corrected chi connectivity index (χ2v) is 4.72. The molecular formula is C14H19NO3S. The van der Waals surface area contributed by atoms with Crippen molar-refractivity contribution >= 4 is 24.5 Å². The van der Waals surface area contributed by atoms with Crippen LogP contribution in [0, 0.1) is 5.92 Å². The zero-order chi connectivity index (χ0) is 14.1. The molecule has 0 aliphatic heterocycles. The third-order valence-electron chi connectivity index (χ3n) is 2.78. The minimum absolute atomic E-state index is 0.0655. The van der Waals surface area contributed by atoms with Gasteiger partial charge in [-0.3, -0.25) is 9.59 Å². The Labute approximate surface area is 118 Å². The number of carboxylic acids is 1. The Bertz CT molecular complexity index is 408. The van der Waals surface area contributed by atoms with Crippen molar-refractivity contribution in [1.29, 1.82) is 0 Å². The SMILES string of the molecule is O=C(O)CCCNC(=O)C(CS)Cc1ccccc1. The molecule has 0 heterocycles. The molecule has 1 unspecified atom stereocenters.